The van der Waals surface area contributed by atoms with E-state index in [1.807, 2.05) is 4.57 Å². The highest BCUT2D eigenvalue weighted by molar-refractivity contribution is 9.10. The molecule has 2 aromatic rings. The predicted octanol–water partition coefficient (Wildman–Crippen LogP) is 5.94. The lowest BCUT2D eigenvalue weighted by molar-refractivity contribution is -0.0429. The fourth-order valence-electron chi connectivity index (χ4n) is 4.74. The molecule has 1 aromatic carbocycles. The molecule has 0 bridgehead atoms. The molecule has 0 radical (unpaired) electrons. The Labute approximate surface area is 231 Å². The van der Waals surface area contributed by atoms with Crippen molar-refractivity contribution in [3.63, 3.8) is 0 Å². The molecule has 1 amide bonds. The van der Waals surface area contributed by atoms with E-state index in [9.17, 15) is 26.4 Å². The summed E-state index contributed by atoms with van der Waals surface area (Å²) in [5.74, 6) is 0.894. The Balaban J connectivity index is 1.72. The van der Waals surface area contributed by atoms with Gasteiger partial charge in [-0.15, -0.1) is 0 Å². The van der Waals surface area contributed by atoms with Crippen LogP contribution in [0.3, 0.4) is 0 Å². The average Bonchev–Trinajstić information content (AvgIpc) is 3.59. The monoisotopic (exact) mass is 624 g/mol. The number of rotatable bonds is 8. The summed E-state index contributed by atoms with van der Waals surface area (Å²) in [6.45, 7) is 1.92. The minimum absolute atomic E-state index is 0.160. The number of amides is 1. The molecule has 39 heavy (non-hydrogen) atoms. The summed E-state index contributed by atoms with van der Waals surface area (Å²) >= 11 is 3.58. The van der Waals surface area contributed by atoms with Gasteiger partial charge in [0.15, 0.2) is 0 Å². The first kappa shape index (κ1) is 27.3. The van der Waals surface area contributed by atoms with Crippen LogP contribution in [0.4, 0.5) is 18.9 Å². The second kappa shape index (κ2) is 10.0. The first-order valence-corrected chi connectivity index (χ1v) is 14.3. The molecule has 2 N–H and O–H groups in total. The number of sulfonamides is 1. The van der Waals surface area contributed by atoms with Crippen LogP contribution in [0, 0.1) is 12.8 Å². The number of carbonyl (C=O) groups excluding carboxylic acids is 1. The normalized spacial score (nSPS) is 14.1. The van der Waals surface area contributed by atoms with Gasteiger partial charge in [-0.25, -0.2) is 4.98 Å². The van der Waals surface area contributed by atoms with E-state index in [2.05, 4.69) is 21.2 Å². The molecule has 8 nitrogen and oxygen atoms in total. The minimum Gasteiger partial charge on any atom is -0.472 e. The largest absolute Gasteiger partial charge is 0.516 e. The van der Waals surface area contributed by atoms with Crippen molar-refractivity contribution in [2.75, 3.05) is 11.8 Å². The number of nitrogens with zero attached hydrogens (tertiary/aromatic N) is 2. The predicted molar refractivity (Wildman–Crippen MR) is 143 cm³/mol. The van der Waals surface area contributed by atoms with Crippen LogP contribution in [0.15, 0.2) is 51.7 Å². The molecule has 1 fully saturated rings. The standard InChI is InChI=1S/C26H24BrF3N4O4S/c1-14-24(25(35)31-2)34(21(32-14)11-15-7-8-15)12-18-16-9-10-38-13-19(16)23(27)22(18)17-5-3-4-6-20(17)33-39(36,37)26(28,29)30/h3-6,9-10,13,15,33H,7-8,11-12H2,1-2H3,(H,31,35). The summed E-state index contributed by atoms with van der Waals surface area (Å²) in [6.07, 6.45) is 5.81. The zero-order valence-corrected chi connectivity index (χ0v) is 23.3. The number of halogens is 4. The number of carbonyl (C=O) groups is 1. The van der Waals surface area contributed by atoms with E-state index in [0.29, 0.717) is 44.9 Å². The highest BCUT2D eigenvalue weighted by atomic mass is 79.9. The lowest BCUT2D eigenvalue weighted by Gasteiger charge is -2.17. The first-order valence-electron chi connectivity index (χ1n) is 12.1. The number of imidazole rings is 1. The quantitative estimate of drug-likeness (QED) is 0.252. The van der Waals surface area contributed by atoms with Crippen molar-refractivity contribution in [3.05, 3.63) is 70.1 Å². The number of aromatic nitrogens is 2. The fourth-order valence-corrected chi connectivity index (χ4v) is 6.08. The van der Waals surface area contributed by atoms with Crippen molar-refractivity contribution in [3.8, 4) is 22.3 Å². The number of benzene rings is 1. The van der Waals surface area contributed by atoms with E-state index in [1.54, 1.807) is 23.8 Å². The molecular weight excluding hydrogens is 601 g/mol. The third-order valence-corrected chi connectivity index (χ3v) is 8.69. The highest BCUT2D eigenvalue weighted by Crippen LogP contribution is 2.49. The Bertz CT molecular complexity index is 1640. The SMILES string of the molecule is CNC(=O)c1c(C)nc(CC2CC2)n1Cc1c2ccocc-2c(Br)c1-c1ccccc1NS(=O)(=O)C(F)(F)F. The summed E-state index contributed by atoms with van der Waals surface area (Å²) in [4.78, 5) is 17.6. The molecule has 1 aromatic heterocycles. The van der Waals surface area contributed by atoms with Gasteiger partial charge >= 0.3 is 15.5 Å². The molecule has 0 saturated heterocycles. The van der Waals surface area contributed by atoms with Gasteiger partial charge in [-0.05, 0) is 64.9 Å². The Hall–Kier alpha value is -3.32. The van der Waals surface area contributed by atoms with Crippen LogP contribution in [0.1, 0.15) is 40.4 Å². The van der Waals surface area contributed by atoms with E-state index in [4.69, 9.17) is 9.40 Å². The van der Waals surface area contributed by atoms with Crippen LogP contribution in [0.2, 0.25) is 0 Å². The molecule has 13 heteroatoms. The lowest BCUT2D eigenvalue weighted by Crippen LogP contribution is -2.30. The Morgan fingerprint density at radius 2 is 1.90 bits per heavy atom. The lowest BCUT2D eigenvalue weighted by atomic mass is 10.0. The van der Waals surface area contributed by atoms with Gasteiger partial charge in [-0.2, -0.15) is 21.6 Å². The number of nitrogens with one attached hydrogen (secondary N) is 2. The molecule has 2 aliphatic carbocycles. The van der Waals surface area contributed by atoms with Crippen LogP contribution in [-0.4, -0.2) is 36.4 Å². The number of hydrogen-bond acceptors (Lipinski definition) is 5. The van der Waals surface area contributed by atoms with Gasteiger partial charge in [0, 0.05) is 34.6 Å². The van der Waals surface area contributed by atoms with Gasteiger partial charge in [-0.3, -0.25) is 9.52 Å². The molecule has 0 unspecified atom stereocenters. The number of alkyl halides is 3. The van der Waals surface area contributed by atoms with Crippen molar-refractivity contribution in [1.29, 1.82) is 0 Å². The summed E-state index contributed by atoms with van der Waals surface area (Å²) in [5, 5.41) is 2.66. The van der Waals surface area contributed by atoms with Crippen LogP contribution in [0.25, 0.3) is 22.3 Å². The summed E-state index contributed by atoms with van der Waals surface area (Å²) in [6, 6.07) is 7.59. The highest BCUT2D eigenvalue weighted by Gasteiger charge is 2.46. The molecule has 2 heterocycles. The average molecular weight is 625 g/mol. The van der Waals surface area contributed by atoms with E-state index in [0.717, 1.165) is 24.2 Å². The van der Waals surface area contributed by atoms with Crippen LogP contribution >= 0.6 is 15.9 Å². The smallest absolute Gasteiger partial charge is 0.472 e. The van der Waals surface area contributed by atoms with Crippen LogP contribution in [-0.2, 0) is 23.0 Å². The molecule has 1 aliphatic heterocycles. The number of para-hydroxylation sites is 1. The van der Waals surface area contributed by atoms with Gasteiger partial charge in [0.2, 0.25) is 0 Å². The van der Waals surface area contributed by atoms with Gasteiger partial charge < -0.3 is 14.3 Å². The van der Waals surface area contributed by atoms with Crippen molar-refractivity contribution >= 4 is 37.5 Å². The second-order valence-corrected chi connectivity index (χ2v) is 11.9. The minimum atomic E-state index is -5.68. The van der Waals surface area contributed by atoms with E-state index >= 15 is 0 Å². The van der Waals surface area contributed by atoms with Crippen molar-refractivity contribution < 1.29 is 30.8 Å². The Kier molecular flexibility index (Phi) is 7.00. The maximum Gasteiger partial charge on any atom is 0.516 e. The molecular formula is C26H24BrF3N4O4S. The van der Waals surface area contributed by atoms with Crippen molar-refractivity contribution in [1.82, 2.24) is 14.9 Å². The van der Waals surface area contributed by atoms with E-state index in [1.165, 1.54) is 37.8 Å². The second-order valence-electron chi connectivity index (χ2n) is 9.42. The molecule has 5 rings (SSSR count). The maximum atomic E-state index is 13.3. The van der Waals surface area contributed by atoms with Gasteiger partial charge in [-0.1, -0.05) is 18.2 Å². The summed E-state index contributed by atoms with van der Waals surface area (Å²) in [5.41, 5.74) is -2.07. The van der Waals surface area contributed by atoms with Crippen molar-refractivity contribution in [2.45, 2.75) is 38.2 Å². The third-order valence-electron chi connectivity index (χ3n) is 6.77. The molecule has 206 valence electrons. The van der Waals surface area contributed by atoms with Crippen molar-refractivity contribution in [2.24, 2.45) is 5.92 Å². The summed E-state index contributed by atoms with van der Waals surface area (Å²) < 4.78 is 73.2. The van der Waals surface area contributed by atoms with Gasteiger partial charge in [0.1, 0.15) is 11.5 Å². The van der Waals surface area contributed by atoms with E-state index < -0.39 is 15.5 Å². The number of aryl methyl sites for hydroxylation is 1. The number of fused-ring (bicyclic) bond motifs is 1. The van der Waals surface area contributed by atoms with Crippen LogP contribution < -0.4 is 10.0 Å². The zero-order valence-electron chi connectivity index (χ0n) is 20.9. The molecule has 0 spiro atoms. The summed E-state index contributed by atoms with van der Waals surface area (Å²) in [7, 11) is -4.15. The third kappa shape index (κ3) is 5.05. The number of hydrogen-bond donors (Lipinski definition) is 2. The first-order chi connectivity index (χ1) is 18.4. The van der Waals surface area contributed by atoms with Gasteiger partial charge in [0.25, 0.3) is 5.91 Å². The Morgan fingerprint density at radius 1 is 1.18 bits per heavy atom. The maximum absolute atomic E-state index is 13.3. The molecule has 3 aliphatic rings. The Morgan fingerprint density at radius 3 is 2.56 bits per heavy atom. The zero-order chi connectivity index (χ0) is 28.1. The van der Waals surface area contributed by atoms with Crippen LogP contribution in [0.5, 0.6) is 0 Å². The fraction of sp³-hybridized carbons (Fsp3) is 0.308. The topological polar surface area (TPSA) is 106 Å². The van der Waals surface area contributed by atoms with Gasteiger partial charge in [0.05, 0.1) is 30.5 Å². The molecule has 0 atom stereocenters. The number of anilines is 1. The van der Waals surface area contributed by atoms with E-state index in [-0.39, 0.29) is 23.7 Å². The molecule has 1 saturated carbocycles.